The normalized spacial score (nSPS) is 19.8. The fourth-order valence-electron chi connectivity index (χ4n) is 3.70. The van der Waals surface area contributed by atoms with Crippen LogP contribution in [0, 0.1) is 0 Å². The van der Waals surface area contributed by atoms with Gasteiger partial charge in [0, 0.05) is 19.3 Å². The molecule has 3 heteroatoms. The average Bonchev–Trinajstić information content (AvgIpc) is 2.70. The molecule has 1 unspecified atom stereocenters. The van der Waals surface area contributed by atoms with Crippen LogP contribution in [0.3, 0.4) is 0 Å². The number of hydrogen-bond acceptors (Lipinski definition) is 3. The lowest BCUT2D eigenvalue weighted by atomic mass is 9.82. The number of benzene rings is 2. The summed E-state index contributed by atoms with van der Waals surface area (Å²) in [7, 11) is 0. The molecule has 0 radical (unpaired) electrons. The first kappa shape index (κ1) is 19.9. The van der Waals surface area contributed by atoms with Crippen LogP contribution in [0.4, 0.5) is 0 Å². The fraction of sp³-hybridized carbons (Fsp3) is 0.320. The van der Waals surface area contributed by atoms with E-state index in [1.54, 1.807) is 0 Å². The topological polar surface area (TPSA) is 46.5 Å². The predicted molar refractivity (Wildman–Crippen MR) is 113 cm³/mol. The van der Waals surface area contributed by atoms with E-state index in [2.05, 4.69) is 6.92 Å². The lowest BCUT2D eigenvalue weighted by Crippen LogP contribution is -2.42. The molecule has 2 aromatic rings. The van der Waals surface area contributed by atoms with Gasteiger partial charge in [-0.25, -0.2) is 4.79 Å². The molecule has 28 heavy (non-hydrogen) atoms. The Morgan fingerprint density at radius 2 is 1.75 bits per heavy atom. The van der Waals surface area contributed by atoms with Crippen LogP contribution >= 0.6 is 0 Å². The van der Waals surface area contributed by atoms with Gasteiger partial charge in [0.05, 0.1) is 5.57 Å². The van der Waals surface area contributed by atoms with Crippen molar-refractivity contribution in [2.45, 2.75) is 51.0 Å². The zero-order valence-corrected chi connectivity index (χ0v) is 16.4. The maximum absolute atomic E-state index is 12.7. The molecule has 3 nitrogen and oxygen atoms in total. The molecule has 0 fully saturated rings. The van der Waals surface area contributed by atoms with Gasteiger partial charge in [-0.3, -0.25) is 0 Å². The number of hydrogen-bond donors (Lipinski definition) is 1. The molecule has 0 spiro atoms. The molecule has 1 aliphatic heterocycles. The number of unbranched alkanes of at least 4 members (excludes halogenated alkanes) is 1. The summed E-state index contributed by atoms with van der Waals surface area (Å²) in [5.74, 6) is -0.227. The van der Waals surface area contributed by atoms with E-state index in [0.717, 1.165) is 30.4 Å². The van der Waals surface area contributed by atoms with Crippen molar-refractivity contribution in [2.75, 3.05) is 0 Å². The maximum atomic E-state index is 12.7. The van der Waals surface area contributed by atoms with E-state index < -0.39 is 11.6 Å². The Morgan fingerprint density at radius 3 is 2.39 bits per heavy atom. The van der Waals surface area contributed by atoms with Crippen molar-refractivity contribution < 1.29 is 14.6 Å². The van der Waals surface area contributed by atoms with Gasteiger partial charge in [0.25, 0.3) is 0 Å². The summed E-state index contributed by atoms with van der Waals surface area (Å²) < 4.78 is 5.98. The van der Waals surface area contributed by atoms with E-state index in [1.807, 2.05) is 72.8 Å². The zero-order valence-electron chi connectivity index (χ0n) is 16.4. The van der Waals surface area contributed by atoms with E-state index in [9.17, 15) is 9.90 Å². The van der Waals surface area contributed by atoms with Crippen LogP contribution < -0.4 is 0 Å². The molecule has 0 saturated carbocycles. The third-order valence-electron chi connectivity index (χ3n) is 5.18. The SMILES string of the molecule is CCCCC1(Cc2ccccc2)CC(O)=C(CC=Cc2ccccc2)C(=O)O1. The predicted octanol–water partition coefficient (Wildman–Crippen LogP) is 6.02. The monoisotopic (exact) mass is 376 g/mol. The van der Waals surface area contributed by atoms with Crippen LogP contribution in [0.25, 0.3) is 6.08 Å². The highest BCUT2D eigenvalue weighted by atomic mass is 16.6. The number of cyclic esters (lactones) is 1. The number of aliphatic hydroxyl groups is 1. The molecule has 0 amide bonds. The van der Waals surface area contributed by atoms with Gasteiger partial charge in [-0.2, -0.15) is 0 Å². The van der Waals surface area contributed by atoms with Crippen LogP contribution in [0.1, 0.15) is 50.2 Å². The van der Waals surface area contributed by atoms with E-state index in [-0.39, 0.29) is 5.76 Å². The second kappa shape index (κ2) is 9.41. The lowest BCUT2D eigenvalue weighted by Gasteiger charge is -2.37. The molecule has 0 aliphatic carbocycles. The number of rotatable bonds is 8. The highest BCUT2D eigenvalue weighted by molar-refractivity contribution is 5.90. The van der Waals surface area contributed by atoms with Crippen molar-refractivity contribution in [1.29, 1.82) is 0 Å². The van der Waals surface area contributed by atoms with Gasteiger partial charge in [0.15, 0.2) is 0 Å². The molecule has 1 N–H and O–H groups in total. The van der Waals surface area contributed by atoms with E-state index in [1.165, 1.54) is 0 Å². The largest absolute Gasteiger partial charge is 0.512 e. The van der Waals surface area contributed by atoms with Gasteiger partial charge in [-0.15, -0.1) is 0 Å². The lowest BCUT2D eigenvalue weighted by molar-refractivity contribution is -0.160. The summed E-state index contributed by atoms with van der Waals surface area (Å²) in [5, 5.41) is 10.7. The minimum atomic E-state index is -0.662. The molecule has 2 aromatic carbocycles. The summed E-state index contributed by atoms with van der Waals surface area (Å²) in [6.07, 6.45) is 7.95. The molecule has 1 heterocycles. The third kappa shape index (κ3) is 5.13. The quantitative estimate of drug-likeness (QED) is 0.573. The molecular weight excluding hydrogens is 348 g/mol. The summed E-state index contributed by atoms with van der Waals surface area (Å²) in [5.41, 5.74) is 1.89. The Labute approximate surface area is 167 Å². The number of ether oxygens (including phenoxy) is 1. The highest BCUT2D eigenvalue weighted by Gasteiger charge is 2.41. The Hall–Kier alpha value is -2.81. The van der Waals surface area contributed by atoms with Crippen molar-refractivity contribution in [3.63, 3.8) is 0 Å². The summed E-state index contributed by atoms with van der Waals surface area (Å²) in [6, 6.07) is 19.9. The van der Waals surface area contributed by atoms with Crippen molar-refractivity contribution in [3.05, 3.63) is 89.2 Å². The van der Waals surface area contributed by atoms with E-state index in [0.29, 0.717) is 24.8 Å². The summed E-state index contributed by atoms with van der Waals surface area (Å²) >= 11 is 0. The van der Waals surface area contributed by atoms with E-state index in [4.69, 9.17) is 4.74 Å². The minimum absolute atomic E-state index is 0.168. The molecule has 0 aromatic heterocycles. The Kier molecular flexibility index (Phi) is 6.70. The van der Waals surface area contributed by atoms with Crippen molar-refractivity contribution in [2.24, 2.45) is 0 Å². The van der Waals surface area contributed by atoms with Gasteiger partial charge < -0.3 is 9.84 Å². The number of allylic oxidation sites excluding steroid dienone is 1. The van der Waals surface area contributed by atoms with Crippen LogP contribution in [-0.2, 0) is 16.0 Å². The molecule has 0 saturated heterocycles. The number of esters is 1. The summed E-state index contributed by atoms with van der Waals surface area (Å²) in [4.78, 5) is 12.7. The smallest absolute Gasteiger partial charge is 0.338 e. The van der Waals surface area contributed by atoms with Crippen LogP contribution in [0.15, 0.2) is 78.1 Å². The van der Waals surface area contributed by atoms with Gasteiger partial charge in [0.1, 0.15) is 11.4 Å². The second-order valence-electron chi connectivity index (χ2n) is 7.46. The third-order valence-corrected chi connectivity index (χ3v) is 5.18. The van der Waals surface area contributed by atoms with Crippen LogP contribution in [0.5, 0.6) is 0 Å². The first-order chi connectivity index (χ1) is 13.6. The van der Waals surface area contributed by atoms with Crippen molar-refractivity contribution >= 4 is 12.0 Å². The van der Waals surface area contributed by atoms with Crippen LogP contribution in [0.2, 0.25) is 0 Å². The highest BCUT2D eigenvalue weighted by Crippen LogP contribution is 2.37. The Bertz CT molecular complexity index is 837. The Balaban J connectivity index is 1.76. The molecular formula is C25H28O3. The number of carbonyl (C=O) groups excluding carboxylic acids is 1. The van der Waals surface area contributed by atoms with Gasteiger partial charge in [0.2, 0.25) is 0 Å². The molecule has 0 bridgehead atoms. The Morgan fingerprint density at radius 1 is 1.07 bits per heavy atom. The van der Waals surface area contributed by atoms with Crippen LogP contribution in [-0.4, -0.2) is 16.7 Å². The molecule has 3 rings (SSSR count). The summed E-state index contributed by atoms with van der Waals surface area (Å²) in [6.45, 7) is 2.12. The second-order valence-corrected chi connectivity index (χ2v) is 7.46. The zero-order chi connectivity index (χ0) is 19.8. The van der Waals surface area contributed by atoms with Gasteiger partial charge in [-0.05, 0) is 24.0 Å². The standard InChI is InChI=1S/C25H28O3/c1-2-3-17-25(18-21-13-8-5-9-14-21)19-23(26)22(24(27)28-25)16-10-15-20-11-6-4-7-12-20/h4-15,26H,2-3,16-19H2,1H3. The maximum Gasteiger partial charge on any atom is 0.338 e. The van der Waals surface area contributed by atoms with E-state index >= 15 is 0 Å². The number of aliphatic hydroxyl groups excluding tert-OH is 1. The number of carbonyl (C=O) groups is 1. The van der Waals surface area contributed by atoms with Crippen molar-refractivity contribution in [3.8, 4) is 0 Å². The van der Waals surface area contributed by atoms with Gasteiger partial charge in [-0.1, -0.05) is 86.2 Å². The first-order valence-corrected chi connectivity index (χ1v) is 10.0. The van der Waals surface area contributed by atoms with Crippen molar-refractivity contribution in [1.82, 2.24) is 0 Å². The average molecular weight is 376 g/mol. The molecule has 1 atom stereocenters. The molecule has 146 valence electrons. The fourth-order valence-corrected chi connectivity index (χ4v) is 3.70. The molecule has 1 aliphatic rings. The first-order valence-electron chi connectivity index (χ1n) is 10.0. The van der Waals surface area contributed by atoms with Gasteiger partial charge >= 0.3 is 5.97 Å². The minimum Gasteiger partial charge on any atom is -0.512 e.